The second-order valence-electron chi connectivity index (χ2n) is 5.93. The predicted octanol–water partition coefficient (Wildman–Crippen LogP) is 4.20. The van der Waals surface area contributed by atoms with Crippen LogP contribution in [0.1, 0.15) is 70.6 Å². The maximum atomic E-state index is 8.55. The maximum absolute atomic E-state index is 8.55. The number of hydrogen-bond donors (Lipinski definition) is 2. The van der Waals surface area contributed by atoms with Crippen molar-refractivity contribution < 1.29 is 0 Å². The Balaban J connectivity index is 2.03. The van der Waals surface area contributed by atoms with Crippen LogP contribution in [0.15, 0.2) is 11.1 Å². The normalized spacial score (nSPS) is 20.6. The van der Waals surface area contributed by atoms with Gasteiger partial charge in [0.2, 0.25) is 0 Å². The molecule has 0 saturated heterocycles. The van der Waals surface area contributed by atoms with Crippen LogP contribution in [0, 0.1) is 11.3 Å². The minimum absolute atomic E-state index is 0.575. The van der Waals surface area contributed by atoms with Crippen LogP contribution < -0.4 is 5.73 Å². The van der Waals surface area contributed by atoms with Crippen LogP contribution in [0.25, 0.3) is 0 Å². The van der Waals surface area contributed by atoms with E-state index in [1.165, 1.54) is 63.4 Å². The van der Waals surface area contributed by atoms with Gasteiger partial charge in [-0.05, 0) is 69.9 Å². The lowest BCUT2D eigenvalue weighted by atomic mass is 9.88. The van der Waals surface area contributed by atoms with Gasteiger partial charge in [-0.15, -0.1) is 0 Å². The standard InChI is InChI=1S/C16H28N2/c17-12-6-5-11-15(13-7-1-2-8-13)16(18)14-9-3-4-10-14/h14,18H,1-12,17H2. The summed E-state index contributed by atoms with van der Waals surface area (Å²) in [5.41, 5.74) is 9.65. The van der Waals surface area contributed by atoms with Gasteiger partial charge in [0, 0.05) is 11.6 Å². The molecule has 0 spiro atoms. The molecule has 0 bridgehead atoms. The topological polar surface area (TPSA) is 49.9 Å². The van der Waals surface area contributed by atoms with Crippen molar-refractivity contribution in [3.63, 3.8) is 0 Å². The Bertz CT molecular complexity index is 303. The smallest absolute Gasteiger partial charge is 0.0376 e. The van der Waals surface area contributed by atoms with Crippen molar-refractivity contribution in [2.75, 3.05) is 6.54 Å². The van der Waals surface area contributed by atoms with Crippen LogP contribution in [0.4, 0.5) is 0 Å². The molecule has 0 radical (unpaired) electrons. The second kappa shape index (κ2) is 7.08. The van der Waals surface area contributed by atoms with E-state index in [0.717, 1.165) is 25.1 Å². The first kappa shape index (κ1) is 13.8. The van der Waals surface area contributed by atoms with Gasteiger partial charge < -0.3 is 11.1 Å². The van der Waals surface area contributed by atoms with E-state index in [4.69, 9.17) is 11.1 Å². The number of nitrogens with one attached hydrogen (secondary N) is 1. The molecule has 0 aromatic carbocycles. The molecule has 0 amide bonds. The molecule has 0 heterocycles. The molecular formula is C16H28N2. The summed E-state index contributed by atoms with van der Waals surface area (Å²) >= 11 is 0. The molecule has 2 rings (SSSR count). The van der Waals surface area contributed by atoms with Crippen LogP contribution in [0.3, 0.4) is 0 Å². The van der Waals surface area contributed by atoms with Crippen molar-refractivity contribution in [3.8, 4) is 0 Å². The van der Waals surface area contributed by atoms with Crippen molar-refractivity contribution >= 4 is 5.71 Å². The second-order valence-corrected chi connectivity index (χ2v) is 5.93. The minimum atomic E-state index is 0.575. The van der Waals surface area contributed by atoms with Crippen molar-refractivity contribution in [3.05, 3.63) is 11.1 Å². The van der Waals surface area contributed by atoms with Crippen LogP contribution >= 0.6 is 0 Å². The molecule has 102 valence electrons. The third-order valence-electron chi connectivity index (χ3n) is 4.60. The van der Waals surface area contributed by atoms with Crippen LogP contribution in [0.5, 0.6) is 0 Å². The lowest BCUT2D eigenvalue weighted by molar-refractivity contribution is 0.700. The zero-order valence-electron chi connectivity index (χ0n) is 11.6. The van der Waals surface area contributed by atoms with Gasteiger partial charge >= 0.3 is 0 Å². The van der Waals surface area contributed by atoms with E-state index in [9.17, 15) is 0 Å². The highest BCUT2D eigenvalue weighted by atomic mass is 14.5. The molecule has 2 aliphatic carbocycles. The molecule has 2 saturated carbocycles. The number of nitrogens with two attached hydrogens (primary N) is 1. The highest BCUT2D eigenvalue weighted by Gasteiger charge is 2.24. The Hall–Kier alpha value is -0.630. The Morgan fingerprint density at radius 1 is 1.06 bits per heavy atom. The van der Waals surface area contributed by atoms with Gasteiger partial charge in [-0.25, -0.2) is 0 Å². The van der Waals surface area contributed by atoms with E-state index in [0.29, 0.717) is 5.92 Å². The number of allylic oxidation sites excluding steroid dienone is 2. The van der Waals surface area contributed by atoms with E-state index in [1.807, 2.05) is 0 Å². The summed E-state index contributed by atoms with van der Waals surface area (Å²) in [6.45, 7) is 0.791. The van der Waals surface area contributed by atoms with Crippen molar-refractivity contribution in [2.45, 2.75) is 70.6 Å². The zero-order chi connectivity index (χ0) is 12.8. The van der Waals surface area contributed by atoms with Gasteiger partial charge in [-0.1, -0.05) is 18.4 Å². The Morgan fingerprint density at radius 2 is 1.72 bits per heavy atom. The molecule has 2 fully saturated rings. The average molecular weight is 248 g/mol. The Kier molecular flexibility index (Phi) is 5.43. The van der Waals surface area contributed by atoms with Gasteiger partial charge in [0.05, 0.1) is 0 Å². The third-order valence-corrected chi connectivity index (χ3v) is 4.60. The Labute approximate surface area is 112 Å². The Morgan fingerprint density at radius 3 is 2.33 bits per heavy atom. The van der Waals surface area contributed by atoms with E-state index in [2.05, 4.69) is 0 Å². The van der Waals surface area contributed by atoms with E-state index in [-0.39, 0.29) is 0 Å². The molecule has 3 N–H and O–H groups in total. The lowest BCUT2D eigenvalue weighted by Crippen LogP contribution is -2.14. The SMILES string of the molecule is N=C(C(CCCCN)=C1CCCC1)C1CCCC1. The number of unbranched alkanes of at least 4 members (excludes halogenated alkanes) is 1. The first-order valence-corrected chi connectivity index (χ1v) is 7.82. The maximum Gasteiger partial charge on any atom is 0.0376 e. The summed E-state index contributed by atoms with van der Waals surface area (Å²) in [5.74, 6) is 0.575. The summed E-state index contributed by atoms with van der Waals surface area (Å²) in [6.07, 6.45) is 13.8. The quantitative estimate of drug-likeness (QED) is 0.537. The van der Waals surface area contributed by atoms with Crippen molar-refractivity contribution in [1.82, 2.24) is 0 Å². The van der Waals surface area contributed by atoms with Gasteiger partial charge in [-0.2, -0.15) is 0 Å². The van der Waals surface area contributed by atoms with Crippen molar-refractivity contribution in [2.24, 2.45) is 11.7 Å². The highest BCUT2D eigenvalue weighted by Crippen LogP contribution is 2.35. The highest BCUT2D eigenvalue weighted by molar-refractivity contribution is 6.00. The summed E-state index contributed by atoms with van der Waals surface area (Å²) in [5, 5.41) is 8.55. The van der Waals surface area contributed by atoms with E-state index in [1.54, 1.807) is 5.57 Å². The predicted molar refractivity (Wildman–Crippen MR) is 78.1 cm³/mol. The summed E-state index contributed by atoms with van der Waals surface area (Å²) in [4.78, 5) is 0. The van der Waals surface area contributed by atoms with E-state index < -0.39 is 0 Å². The van der Waals surface area contributed by atoms with Crippen LogP contribution in [0.2, 0.25) is 0 Å². The van der Waals surface area contributed by atoms with Gasteiger partial charge in [-0.3, -0.25) is 0 Å². The first-order valence-electron chi connectivity index (χ1n) is 7.82. The summed E-state index contributed by atoms with van der Waals surface area (Å²) < 4.78 is 0. The molecule has 0 unspecified atom stereocenters. The fraction of sp³-hybridized carbons (Fsp3) is 0.812. The fourth-order valence-electron chi connectivity index (χ4n) is 3.51. The largest absolute Gasteiger partial charge is 0.330 e. The molecular weight excluding hydrogens is 220 g/mol. The average Bonchev–Trinajstić information content (AvgIpc) is 3.05. The molecule has 2 nitrogen and oxygen atoms in total. The third kappa shape index (κ3) is 3.44. The van der Waals surface area contributed by atoms with Gasteiger partial charge in [0.25, 0.3) is 0 Å². The number of hydrogen-bond acceptors (Lipinski definition) is 2. The molecule has 0 aromatic rings. The van der Waals surface area contributed by atoms with E-state index >= 15 is 0 Å². The van der Waals surface area contributed by atoms with Crippen LogP contribution in [-0.4, -0.2) is 12.3 Å². The molecule has 2 heteroatoms. The molecule has 0 atom stereocenters. The van der Waals surface area contributed by atoms with Gasteiger partial charge in [0.15, 0.2) is 0 Å². The fourth-order valence-corrected chi connectivity index (χ4v) is 3.51. The van der Waals surface area contributed by atoms with Crippen LogP contribution in [-0.2, 0) is 0 Å². The molecule has 2 aliphatic rings. The monoisotopic (exact) mass is 248 g/mol. The minimum Gasteiger partial charge on any atom is -0.330 e. The molecule has 0 aliphatic heterocycles. The van der Waals surface area contributed by atoms with Gasteiger partial charge in [0.1, 0.15) is 0 Å². The summed E-state index contributed by atoms with van der Waals surface area (Å²) in [6, 6.07) is 0. The first-order chi connectivity index (χ1) is 8.83. The number of rotatable bonds is 6. The van der Waals surface area contributed by atoms with Crippen molar-refractivity contribution in [1.29, 1.82) is 5.41 Å². The molecule has 18 heavy (non-hydrogen) atoms. The lowest BCUT2D eigenvalue weighted by Gasteiger charge is -2.18. The summed E-state index contributed by atoms with van der Waals surface area (Å²) in [7, 11) is 0. The molecule has 0 aromatic heterocycles. The zero-order valence-corrected chi connectivity index (χ0v) is 11.6.